The standard InChI is InChI=1S/C9H5ClF3NO2/c10-6(15)3-14-9(16)4-1-2-5(11)8(13)7(4)12/h1-2H,3H2,(H,14,16). The van der Waals surface area contributed by atoms with Gasteiger partial charge in [-0.25, -0.2) is 13.2 Å². The number of halogens is 4. The van der Waals surface area contributed by atoms with Crippen LogP contribution in [0, 0.1) is 17.5 Å². The Morgan fingerprint density at radius 3 is 2.38 bits per heavy atom. The Bertz CT molecular complexity index is 451. The quantitative estimate of drug-likeness (QED) is 0.655. The maximum atomic E-state index is 13.0. The zero-order valence-corrected chi connectivity index (χ0v) is 8.45. The predicted octanol–water partition coefficient (Wildman–Crippen LogP) is 1.60. The topological polar surface area (TPSA) is 46.2 Å². The lowest BCUT2D eigenvalue weighted by atomic mass is 10.2. The van der Waals surface area contributed by atoms with Gasteiger partial charge < -0.3 is 5.32 Å². The number of nitrogens with one attached hydrogen (secondary N) is 1. The van der Waals surface area contributed by atoms with E-state index in [9.17, 15) is 22.8 Å². The minimum atomic E-state index is -1.75. The van der Waals surface area contributed by atoms with Gasteiger partial charge in [0.2, 0.25) is 5.24 Å². The molecule has 1 aromatic carbocycles. The van der Waals surface area contributed by atoms with E-state index in [1.807, 2.05) is 5.32 Å². The SMILES string of the molecule is O=C(Cl)CNC(=O)c1ccc(F)c(F)c1F. The zero-order chi connectivity index (χ0) is 12.3. The molecule has 3 nitrogen and oxygen atoms in total. The lowest BCUT2D eigenvalue weighted by Crippen LogP contribution is -2.28. The van der Waals surface area contributed by atoms with E-state index in [1.54, 1.807) is 0 Å². The van der Waals surface area contributed by atoms with E-state index < -0.39 is 40.7 Å². The molecule has 7 heteroatoms. The van der Waals surface area contributed by atoms with Crippen LogP contribution in [-0.4, -0.2) is 17.7 Å². The molecule has 0 aliphatic rings. The van der Waals surface area contributed by atoms with Crippen molar-refractivity contribution < 1.29 is 22.8 Å². The van der Waals surface area contributed by atoms with Gasteiger partial charge in [0.15, 0.2) is 17.5 Å². The van der Waals surface area contributed by atoms with Gasteiger partial charge >= 0.3 is 0 Å². The summed E-state index contributed by atoms with van der Waals surface area (Å²) < 4.78 is 38.3. The van der Waals surface area contributed by atoms with Crippen LogP contribution in [-0.2, 0) is 4.79 Å². The molecular formula is C9H5ClF3NO2. The monoisotopic (exact) mass is 251 g/mol. The van der Waals surface area contributed by atoms with Crippen molar-refractivity contribution in [2.75, 3.05) is 6.54 Å². The molecule has 0 aliphatic carbocycles. The van der Waals surface area contributed by atoms with Gasteiger partial charge in [0.25, 0.3) is 5.91 Å². The minimum absolute atomic E-state index is 0.529. The molecule has 0 radical (unpaired) electrons. The van der Waals surface area contributed by atoms with Gasteiger partial charge in [-0.2, -0.15) is 0 Å². The molecule has 0 atom stereocenters. The molecule has 1 rings (SSSR count). The van der Waals surface area contributed by atoms with Crippen molar-refractivity contribution in [2.24, 2.45) is 0 Å². The molecule has 0 aliphatic heterocycles. The van der Waals surface area contributed by atoms with Crippen LogP contribution in [0.2, 0.25) is 0 Å². The van der Waals surface area contributed by atoms with Gasteiger partial charge in [-0.05, 0) is 23.7 Å². The fraction of sp³-hybridized carbons (Fsp3) is 0.111. The van der Waals surface area contributed by atoms with E-state index in [4.69, 9.17) is 11.6 Å². The van der Waals surface area contributed by atoms with Crippen LogP contribution in [0.25, 0.3) is 0 Å². The second-order valence-electron chi connectivity index (χ2n) is 2.76. The number of hydrogen-bond acceptors (Lipinski definition) is 2. The summed E-state index contributed by atoms with van der Waals surface area (Å²) in [5.74, 6) is -5.81. The zero-order valence-electron chi connectivity index (χ0n) is 7.69. The van der Waals surface area contributed by atoms with E-state index in [2.05, 4.69) is 0 Å². The highest BCUT2D eigenvalue weighted by atomic mass is 35.5. The minimum Gasteiger partial charge on any atom is -0.344 e. The van der Waals surface area contributed by atoms with E-state index in [-0.39, 0.29) is 0 Å². The summed E-state index contributed by atoms with van der Waals surface area (Å²) in [4.78, 5) is 21.5. The summed E-state index contributed by atoms with van der Waals surface area (Å²) in [5, 5.41) is 1.07. The van der Waals surface area contributed by atoms with E-state index in [1.165, 1.54) is 0 Å². The highest BCUT2D eigenvalue weighted by Gasteiger charge is 2.18. The Hall–Kier alpha value is -1.56. The van der Waals surface area contributed by atoms with Gasteiger partial charge in [-0.15, -0.1) is 0 Å². The molecule has 16 heavy (non-hydrogen) atoms. The first-order valence-electron chi connectivity index (χ1n) is 4.03. The summed E-state index contributed by atoms with van der Waals surface area (Å²) >= 11 is 4.92. The first-order chi connectivity index (χ1) is 7.43. The molecule has 1 amide bonds. The summed E-state index contributed by atoms with van der Waals surface area (Å²) in [5.41, 5.74) is -0.697. The van der Waals surface area contributed by atoms with Crippen molar-refractivity contribution in [1.82, 2.24) is 5.32 Å². The molecular weight excluding hydrogens is 247 g/mol. The van der Waals surface area contributed by atoms with Gasteiger partial charge in [-0.3, -0.25) is 9.59 Å². The molecule has 0 unspecified atom stereocenters. The number of amides is 1. The summed E-state index contributed by atoms with van der Waals surface area (Å²) in [6.45, 7) is -0.529. The van der Waals surface area contributed by atoms with Crippen LogP contribution >= 0.6 is 11.6 Å². The average Bonchev–Trinajstić information content (AvgIpc) is 2.23. The van der Waals surface area contributed by atoms with E-state index in [0.29, 0.717) is 6.07 Å². The molecule has 0 bridgehead atoms. The Kier molecular flexibility index (Phi) is 3.89. The van der Waals surface area contributed by atoms with Crippen LogP contribution in [0.4, 0.5) is 13.2 Å². The molecule has 0 aromatic heterocycles. The highest BCUT2D eigenvalue weighted by Crippen LogP contribution is 2.14. The van der Waals surface area contributed by atoms with Crippen LogP contribution < -0.4 is 5.32 Å². The Morgan fingerprint density at radius 1 is 1.19 bits per heavy atom. The first-order valence-corrected chi connectivity index (χ1v) is 4.41. The third-order valence-corrected chi connectivity index (χ3v) is 1.80. The molecule has 0 saturated heterocycles. The van der Waals surface area contributed by atoms with Crippen molar-refractivity contribution in [2.45, 2.75) is 0 Å². The number of carbonyl (C=O) groups excluding carboxylic acids is 2. The van der Waals surface area contributed by atoms with Gasteiger partial charge in [-0.1, -0.05) is 0 Å². The van der Waals surface area contributed by atoms with Gasteiger partial charge in [0, 0.05) is 0 Å². The fourth-order valence-electron chi connectivity index (χ4n) is 0.946. The summed E-state index contributed by atoms with van der Waals surface area (Å²) in [7, 11) is 0. The van der Waals surface area contributed by atoms with E-state index in [0.717, 1.165) is 6.07 Å². The van der Waals surface area contributed by atoms with Gasteiger partial charge in [0.05, 0.1) is 12.1 Å². The maximum absolute atomic E-state index is 13.0. The lowest BCUT2D eigenvalue weighted by Gasteiger charge is -2.04. The highest BCUT2D eigenvalue weighted by molar-refractivity contribution is 6.64. The second kappa shape index (κ2) is 4.98. The van der Waals surface area contributed by atoms with Crippen LogP contribution in [0.5, 0.6) is 0 Å². The number of carbonyl (C=O) groups is 2. The van der Waals surface area contributed by atoms with Crippen molar-refractivity contribution in [3.63, 3.8) is 0 Å². The summed E-state index contributed by atoms with van der Waals surface area (Å²) in [6, 6.07) is 1.37. The van der Waals surface area contributed by atoms with Crippen LogP contribution in [0.15, 0.2) is 12.1 Å². The predicted molar refractivity (Wildman–Crippen MR) is 49.5 cm³/mol. The molecule has 0 fully saturated rings. The molecule has 1 aromatic rings. The van der Waals surface area contributed by atoms with Crippen molar-refractivity contribution in [3.8, 4) is 0 Å². The van der Waals surface area contributed by atoms with Crippen molar-refractivity contribution >= 4 is 22.8 Å². The van der Waals surface area contributed by atoms with Crippen molar-refractivity contribution in [3.05, 3.63) is 35.1 Å². The maximum Gasteiger partial charge on any atom is 0.254 e. The number of hydrogen-bond donors (Lipinski definition) is 1. The normalized spacial score (nSPS) is 10.0. The molecule has 1 N–H and O–H groups in total. The molecule has 0 spiro atoms. The number of benzene rings is 1. The first kappa shape index (κ1) is 12.5. The van der Waals surface area contributed by atoms with Crippen LogP contribution in [0.3, 0.4) is 0 Å². The third kappa shape index (κ3) is 2.73. The number of rotatable bonds is 3. The lowest BCUT2D eigenvalue weighted by molar-refractivity contribution is -0.110. The largest absolute Gasteiger partial charge is 0.344 e. The Balaban J connectivity index is 2.92. The van der Waals surface area contributed by atoms with Crippen LogP contribution in [0.1, 0.15) is 10.4 Å². The molecule has 0 heterocycles. The average molecular weight is 252 g/mol. The summed E-state index contributed by atoms with van der Waals surface area (Å²) in [6.07, 6.45) is 0. The fourth-order valence-corrected chi connectivity index (χ4v) is 1.01. The smallest absolute Gasteiger partial charge is 0.254 e. The molecule has 86 valence electrons. The van der Waals surface area contributed by atoms with Gasteiger partial charge in [0.1, 0.15) is 0 Å². The molecule has 0 saturated carbocycles. The second-order valence-corrected chi connectivity index (χ2v) is 3.18. The van der Waals surface area contributed by atoms with E-state index >= 15 is 0 Å². The Labute approximate surface area is 93.2 Å². The third-order valence-electron chi connectivity index (χ3n) is 1.67. The van der Waals surface area contributed by atoms with Crippen molar-refractivity contribution in [1.29, 1.82) is 0 Å². The Morgan fingerprint density at radius 2 is 1.81 bits per heavy atom.